The van der Waals surface area contributed by atoms with Crippen LogP contribution in [0.15, 0.2) is 18.2 Å². The second kappa shape index (κ2) is 8.89. The number of rotatable bonds is 4. The molecule has 3 aliphatic rings. The quantitative estimate of drug-likeness (QED) is 0.795. The molecule has 154 valence electrons. The van der Waals surface area contributed by atoms with Crippen molar-refractivity contribution in [2.45, 2.75) is 63.7 Å². The first-order chi connectivity index (χ1) is 13.6. The topological polar surface area (TPSA) is 54.9 Å². The second-order valence-corrected chi connectivity index (χ2v) is 8.58. The fraction of sp³-hybridized carbons (Fsp3) is 0.727. The molecule has 6 heteroatoms. The Balaban J connectivity index is 1.30. The van der Waals surface area contributed by atoms with E-state index in [0.29, 0.717) is 19.6 Å². The maximum atomic E-state index is 12.9. The SMILES string of the molecule is Cc1cccc(CN2CCC3(CC2)CC(=O)N(CC2CCCCO2)CCO3)n1. The van der Waals surface area contributed by atoms with E-state index in [1.54, 1.807) is 0 Å². The predicted molar refractivity (Wildman–Crippen MR) is 107 cm³/mol. The van der Waals surface area contributed by atoms with Crippen LogP contribution in [-0.4, -0.2) is 71.8 Å². The van der Waals surface area contributed by atoms with Crippen LogP contribution >= 0.6 is 0 Å². The number of carbonyl (C=O) groups excluding carboxylic acids is 1. The molecule has 1 aromatic rings. The van der Waals surface area contributed by atoms with Gasteiger partial charge in [0.15, 0.2) is 0 Å². The highest BCUT2D eigenvalue weighted by Gasteiger charge is 2.41. The molecule has 6 nitrogen and oxygen atoms in total. The third-order valence-corrected chi connectivity index (χ3v) is 6.39. The van der Waals surface area contributed by atoms with Crippen molar-refractivity contribution in [1.82, 2.24) is 14.8 Å². The molecule has 0 bridgehead atoms. The number of piperidine rings is 1. The molecule has 0 aromatic carbocycles. The van der Waals surface area contributed by atoms with Crippen molar-refractivity contribution in [1.29, 1.82) is 0 Å². The first kappa shape index (κ1) is 19.8. The standard InChI is InChI=1S/C22H33N3O3/c1-18-5-4-6-19(23-18)16-24-10-8-22(9-11-24)15-21(26)25(12-14-28-22)17-20-7-2-3-13-27-20/h4-6,20H,2-3,7-17H2,1H3. The molecule has 28 heavy (non-hydrogen) atoms. The van der Waals surface area contributed by atoms with Gasteiger partial charge in [-0.1, -0.05) is 6.07 Å². The van der Waals surface area contributed by atoms with E-state index in [2.05, 4.69) is 22.0 Å². The van der Waals surface area contributed by atoms with Crippen LogP contribution in [-0.2, 0) is 20.8 Å². The molecule has 0 saturated carbocycles. The molecule has 1 unspecified atom stereocenters. The van der Waals surface area contributed by atoms with Gasteiger partial charge in [-0.05, 0) is 51.2 Å². The van der Waals surface area contributed by atoms with Gasteiger partial charge in [-0.15, -0.1) is 0 Å². The number of aromatic nitrogens is 1. The van der Waals surface area contributed by atoms with Gasteiger partial charge in [-0.3, -0.25) is 14.7 Å². The van der Waals surface area contributed by atoms with E-state index in [1.807, 2.05) is 17.9 Å². The molecule has 3 saturated heterocycles. The van der Waals surface area contributed by atoms with Crippen LogP contribution in [0.2, 0.25) is 0 Å². The summed E-state index contributed by atoms with van der Waals surface area (Å²) in [5, 5.41) is 0. The van der Waals surface area contributed by atoms with Crippen molar-refractivity contribution >= 4 is 5.91 Å². The fourth-order valence-electron chi connectivity index (χ4n) is 4.68. The molecular formula is C22H33N3O3. The molecule has 0 radical (unpaired) electrons. The van der Waals surface area contributed by atoms with Crippen molar-refractivity contribution in [3.63, 3.8) is 0 Å². The van der Waals surface area contributed by atoms with Crippen LogP contribution < -0.4 is 0 Å². The lowest BCUT2D eigenvalue weighted by atomic mass is 9.87. The first-order valence-electron chi connectivity index (χ1n) is 10.8. The molecular weight excluding hydrogens is 354 g/mol. The monoisotopic (exact) mass is 387 g/mol. The van der Waals surface area contributed by atoms with Gasteiger partial charge in [-0.25, -0.2) is 0 Å². The van der Waals surface area contributed by atoms with Crippen molar-refractivity contribution < 1.29 is 14.3 Å². The van der Waals surface area contributed by atoms with Crippen LogP contribution in [0.25, 0.3) is 0 Å². The fourth-order valence-corrected chi connectivity index (χ4v) is 4.68. The van der Waals surface area contributed by atoms with Gasteiger partial charge in [0.05, 0.1) is 30.4 Å². The lowest BCUT2D eigenvalue weighted by Gasteiger charge is -2.40. The average molecular weight is 388 g/mol. The Labute approximate surface area is 168 Å². The first-order valence-corrected chi connectivity index (χ1v) is 10.8. The smallest absolute Gasteiger partial charge is 0.225 e. The molecule has 4 heterocycles. The van der Waals surface area contributed by atoms with Gasteiger partial charge in [0, 0.05) is 45.0 Å². The Morgan fingerprint density at radius 3 is 2.79 bits per heavy atom. The summed E-state index contributed by atoms with van der Waals surface area (Å²) < 4.78 is 12.1. The third kappa shape index (κ3) is 4.91. The lowest BCUT2D eigenvalue weighted by Crippen LogP contribution is -2.47. The largest absolute Gasteiger partial charge is 0.376 e. The van der Waals surface area contributed by atoms with Gasteiger partial charge in [0.25, 0.3) is 0 Å². The summed E-state index contributed by atoms with van der Waals surface area (Å²) in [4.78, 5) is 22.0. The van der Waals surface area contributed by atoms with Gasteiger partial charge >= 0.3 is 0 Å². The molecule has 3 fully saturated rings. The Morgan fingerprint density at radius 2 is 2.04 bits per heavy atom. The van der Waals surface area contributed by atoms with E-state index in [4.69, 9.17) is 9.47 Å². The summed E-state index contributed by atoms with van der Waals surface area (Å²) in [5.74, 6) is 0.237. The molecule has 1 atom stereocenters. The van der Waals surface area contributed by atoms with E-state index < -0.39 is 0 Å². The molecule has 3 aliphatic heterocycles. The number of aryl methyl sites for hydroxylation is 1. The van der Waals surface area contributed by atoms with E-state index in [9.17, 15) is 4.79 Å². The Hall–Kier alpha value is -1.50. The highest BCUT2D eigenvalue weighted by molar-refractivity contribution is 5.77. The summed E-state index contributed by atoms with van der Waals surface area (Å²) in [7, 11) is 0. The molecule has 0 aliphatic carbocycles. The number of carbonyl (C=O) groups is 1. The number of pyridine rings is 1. The highest BCUT2D eigenvalue weighted by atomic mass is 16.5. The van der Waals surface area contributed by atoms with Crippen molar-refractivity contribution in [3.8, 4) is 0 Å². The Kier molecular flexibility index (Phi) is 6.28. The minimum Gasteiger partial charge on any atom is -0.376 e. The molecule has 1 amide bonds. The third-order valence-electron chi connectivity index (χ3n) is 6.39. The average Bonchev–Trinajstić information content (AvgIpc) is 2.84. The number of hydrogen-bond donors (Lipinski definition) is 0. The van der Waals surface area contributed by atoms with Gasteiger partial charge in [-0.2, -0.15) is 0 Å². The van der Waals surface area contributed by atoms with Crippen LogP contribution in [0.1, 0.15) is 49.9 Å². The van der Waals surface area contributed by atoms with E-state index in [0.717, 1.165) is 69.9 Å². The number of hydrogen-bond acceptors (Lipinski definition) is 5. The van der Waals surface area contributed by atoms with Crippen LogP contribution in [0, 0.1) is 6.92 Å². The number of ether oxygens (including phenoxy) is 2. The minimum atomic E-state index is -0.282. The summed E-state index contributed by atoms with van der Waals surface area (Å²) in [6.45, 7) is 7.70. The van der Waals surface area contributed by atoms with Crippen molar-refractivity contribution in [2.75, 3.05) is 39.4 Å². The summed E-state index contributed by atoms with van der Waals surface area (Å²) in [6.07, 6.45) is 5.96. The lowest BCUT2D eigenvalue weighted by molar-refractivity contribution is -0.137. The summed E-state index contributed by atoms with van der Waals surface area (Å²) >= 11 is 0. The van der Waals surface area contributed by atoms with Crippen LogP contribution in [0.4, 0.5) is 0 Å². The zero-order valence-electron chi connectivity index (χ0n) is 17.1. The summed E-state index contributed by atoms with van der Waals surface area (Å²) in [5.41, 5.74) is 1.90. The Morgan fingerprint density at radius 1 is 1.18 bits per heavy atom. The minimum absolute atomic E-state index is 0.204. The van der Waals surface area contributed by atoms with E-state index in [-0.39, 0.29) is 17.6 Å². The zero-order chi connectivity index (χ0) is 19.4. The van der Waals surface area contributed by atoms with Crippen molar-refractivity contribution in [3.05, 3.63) is 29.6 Å². The summed E-state index contributed by atoms with van der Waals surface area (Å²) in [6, 6.07) is 6.19. The van der Waals surface area contributed by atoms with E-state index >= 15 is 0 Å². The normalized spacial score (nSPS) is 26.4. The molecule has 1 spiro atoms. The zero-order valence-corrected chi connectivity index (χ0v) is 17.1. The number of nitrogens with zero attached hydrogens (tertiary/aromatic N) is 3. The molecule has 0 N–H and O–H groups in total. The van der Waals surface area contributed by atoms with Gasteiger partial charge < -0.3 is 14.4 Å². The second-order valence-electron chi connectivity index (χ2n) is 8.58. The highest BCUT2D eigenvalue weighted by Crippen LogP contribution is 2.33. The molecule has 1 aromatic heterocycles. The number of amides is 1. The predicted octanol–water partition coefficient (Wildman–Crippen LogP) is 2.54. The van der Waals surface area contributed by atoms with Crippen LogP contribution in [0.3, 0.4) is 0 Å². The molecule has 4 rings (SSSR count). The maximum absolute atomic E-state index is 12.9. The van der Waals surface area contributed by atoms with Crippen LogP contribution in [0.5, 0.6) is 0 Å². The maximum Gasteiger partial charge on any atom is 0.225 e. The van der Waals surface area contributed by atoms with E-state index in [1.165, 1.54) is 6.42 Å². The Bertz CT molecular complexity index is 667. The number of likely N-dealkylation sites (tertiary alicyclic amines) is 1. The van der Waals surface area contributed by atoms with Crippen molar-refractivity contribution in [2.24, 2.45) is 0 Å². The van der Waals surface area contributed by atoms with Gasteiger partial charge in [0.1, 0.15) is 0 Å². The van der Waals surface area contributed by atoms with Gasteiger partial charge in [0.2, 0.25) is 5.91 Å².